The van der Waals surface area contributed by atoms with Crippen molar-refractivity contribution in [2.24, 2.45) is 0 Å². The molecule has 0 aliphatic carbocycles. The summed E-state index contributed by atoms with van der Waals surface area (Å²) in [6.45, 7) is 0. The minimum absolute atomic E-state index is 0.0726. The van der Waals surface area contributed by atoms with Crippen LogP contribution in [0.2, 0.25) is 0 Å². The first-order valence-corrected chi connectivity index (χ1v) is 6.26. The number of hydrogen-bond donors (Lipinski definition) is 2. The normalized spacial score (nSPS) is 11.1. The molecular weight excluding hydrogens is 242 g/mol. The second kappa shape index (κ2) is 4.46. The van der Waals surface area contributed by atoms with Gasteiger partial charge in [0.15, 0.2) is 0 Å². The molecule has 17 heavy (non-hydrogen) atoms. The van der Waals surface area contributed by atoms with E-state index < -0.39 is 10.0 Å². The van der Waals surface area contributed by atoms with Crippen LogP contribution in [-0.4, -0.2) is 25.7 Å². The highest BCUT2D eigenvalue weighted by atomic mass is 32.2. The van der Waals surface area contributed by atoms with Gasteiger partial charge in [0.2, 0.25) is 0 Å². The number of nitrogens with one attached hydrogen (secondary N) is 2. The van der Waals surface area contributed by atoms with E-state index in [2.05, 4.69) is 14.9 Å². The molecule has 90 valence electrons. The molecular formula is C10H11N3O3S. The summed E-state index contributed by atoms with van der Waals surface area (Å²) in [5.74, 6) is 0.458. The van der Waals surface area contributed by atoms with Gasteiger partial charge in [0.1, 0.15) is 10.6 Å². The molecule has 7 heteroatoms. The number of nitrogens with zero attached hydrogens (tertiary/aromatic N) is 1. The van der Waals surface area contributed by atoms with E-state index in [0.717, 1.165) is 0 Å². The Labute approximate surface area is 98.7 Å². The first-order valence-electron chi connectivity index (χ1n) is 4.78. The topological polar surface area (TPSA) is 84.1 Å². The molecule has 0 spiro atoms. The Bertz CT molecular complexity index is 593. The highest BCUT2D eigenvalue weighted by Crippen LogP contribution is 2.25. The molecule has 0 saturated heterocycles. The highest BCUT2D eigenvalue weighted by Gasteiger charge is 2.16. The van der Waals surface area contributed by atoms with Gasteiger partial charge in [-0.3, -0.25) is 9.82 Å². The molecule has 1 aromatic heterocycles. The van der Waals surface area contributed by atoms with Gasteiger partial charge in [0.25, 0.3) is 10.0 Å². The fourth-order valence-corrected chi connectivity index (χ4v) is 2.29. The molecule has 0 aliphatic rings. The van der Waals surface area contributed by atoms with Crippen LogP contribution in [0.15, 0.2) is 41.6 Å². The third-order valence-corrected chi connectivity index (χ3v) is 3.47. The molecule has 0 radical (unpaired) electrons. The van der Waals surface area contributed by atoms with Crippen LogP contribution in [0, 0.1) is 0 Å². The van der Waals surface area contributed by atoms with Gasteiger partial charge in [-0.05, 0) is 12.1 Å². The zero-order chi connectivity index (χ0) is 12.3. The molecule has 0 unspecified atom stereocenters. The lowest BCUT2D eigenvalue weighted by Gasteiger charge is -2.10. The quantitative estimate of drug-likeness (QED) is 0.858. The van der Waals surface area contributed by atoms with Crippen LogP contribution in [0.3, 0.4) is 0 Å². The SMILES string of the molecule is COc1ccccc1NS(=O)(=O)c1cn[nH]c1. The van der Waals surface area contributed by atoms with Gasteiger partial charge in [0.05, 0.1) is 19.0 Å². The molecule has 0 saturated carbocycles. The van der Waals surface area contributed by atoms with E-state index in [-0.39, 0.29) is 4.90 Å². The summed E-state index contributed by atoms with van der Waals surface area (Å²) in [6.07, 6.45) is 2.54. The summed E-state index contributed by atoms with van der Waals surface area (Å²) in [5, 5.41) is 6.05. The molecule has 1 aromatic carbocycles. The van der Waals surface area contributed by atoms with Crippen LogP contribution in [0.1, 0.15) is 0 Å². The standard InChI is InChI=1S/C10H11N3O3S/c1-16-10-5-3-2-4-9(10)13-17(14,15)8-6-11-12-7-8/h2-7,13H,1H3,(H,11,12). The first-order chi connectivity index (χ1) is 8.13. The van der Waals surface area contributed by atoms with Gasteiger partial charge in [-0.15, -0.1) is 0 Å². The third-order valence-electron chi connectivity index (χ3n) is 2.13. The van der Waals surface area contributed by atoms with E-state index >= 15 is 0 Å². The molecule has 1 heterocycles. The van der Waals surface area contributed by atoms with Crippen molar-refractivity contribution in [1.82, 2.24) is 10.2 Å². The van der Waals surface area contributed by atoms with Gasteiger partial charge < -0.3 is 4.74 Å². The molecule has 0 amide bonds. The lowest BCUT2D eigenvalue weighted by molar-refractivity contribution is 0.417. The fraction of sp³-hybridized carbons (Fsp3) is 0.100. The Morgan fingerprint density at radius 3 is 2.76 bits per heavy atom. The Morgan fingerprint density at radius 2 is 2.12 bits per heavy atom. The van der Waals surface area contributed by atoms with E-state index in [1.54, 1.807) is 24.3 Å². The van der Waals surface area contributed by atoms with Crippen LogP contribution in [0.4, 0.5) is 5.69 Å². The zero-order valence-electron chi connectivity index (χ0n) is 9.04. The number of ether oxygens (including phenoxy) is 1. The van der Waals surface area contributed by atoms with Crippen molar-refractivity contribution >= 4 is 15.7 Å². The summed E-state index contributed by atoms with van der Waals surface area (Å²) >= 11 is 0. The van der Waals surface area contributed by atoms with E-state index in [1.807, 2.05) is 0 Å². The minimum atomic E-state index is -3.63. The van der Waals surface area contributed by atoms with Crippen LogP contribution in [-0.2, 0) is 10.0 Å². The van der Waals surface area contributed by atoms with Gasteiger partial charge in [-0.1, -0.05) is 12.1 Å². The number of benzene rings is 1. The van der Waals surface area contributed by atoms with Gasteiger partial charge >= 0.3 is 0 Å². The second-order valence-corrected chi connectivity index (χ2v) is 4.92. The van der Waals surface area contributed by atoms with Crippen molar-refractivity contribution in [2.75, 3.05) is 11.8 Å². The van der Waals surface area contributed by atoms with Gasteiger partial charge in [0, 0.05) is 6.20 Å². The van der Waals surface area contributed by atoms with E-state index in [1.165, 1.54) is 19.5 Å². The molecule has 2 aromatic rings. The summed E-state index contributed by atoms with van der Waals surface area (Å²) in [4.78, 5) is 0.0726. The van der Waals surface area contributed by atoms with E-state index in [0.29, 0.717) is 11.4 Å². The number of para-hydroxylation sites is 2. The average molecular weight is 253 g/mol. The van der Waals surface area contributed by atoms with E-state index in [4.69, 9.17) is 4.74 Å². The molecule has 2 rings (SSSR count). The monoisotopic (exact) mass is 253 g/mol. The summed E-state index contributed by atoms with van der Waals surface area (Å²) in [5.41, 5.74) is 0.385. The molecule has 0 atom stereocenters. The maximum Gasteiger partial charge on any atom is 0.265 e. The van der Waals surface area contributed by atoms with Crippen molar-refractivity contribution in [1.29, 1.82) is 0 Å². The van der Waals surface area contributed by atoms with Crippen molar-refractivity contribution in [2.45, 2.75) is 4.90 Å². The number of methoxy groups -OCH3 is 1. The van der Waals surface area contributed by atoms with Gasteiger partial charge in [-0.25, -0.2) is 8.42 Å². The maximum absolute atomic E-state index is 11.9. The smallest absolute Gasteiger partial charge is 0.265 e. The Hall–Kier alpha value is -2.02. The Kier molecular flexibility index (Phi) is 3.01. The average Bonchev–Trinajstić information content (AvgIpc) is 2.83. The summed E-state index contributed by atoms with van der Waals surface area (Å²) < 4.78 is 31.3. The molecule has 0 aliphatic heterocycles. The van der Waals surface area contributed by atoms with Gasteiger partial charge in [-0.2, -0.15) is 5.10 Å². The molecule has 2 N–H and O–H groups in total. The third kappa shape index (κ3) is 2.39. The Morgan fingerprint density at radius 1 is 1.35 bits per heavy atom. The maximum atomic E-state index is 11.9. The van der Waals surface area contributed by atoms with Crippen molar-refractivity contribution < 1.29 is 13.2 Å². The molecule has 0 bridgehead atoms. The number of aromatic nitrogens is 2. The van der Waals surface area contributed by atoms with Crippen molar-refractivity contribution in [3.8, 4) is 5.75 Å². The number of anilines is 1. The van der Waals surface area contributed by atoms with Crippen LogP contribution in [0.5, 0.6) is 5.75 Å². The van der Waals surface area contributed by atoms with Crippen LogP contribution >= 0.6 is 0 Å². The van der Waals surface area contributed by atoms with Crippen molar-refractivity contribution in [3.05, 3.63) is 36.7 Å². The summed E-state index contributed by atoms with van der Waals surface area (Å²) in [7, 11) is -2.15. The van der Waals surface area contributed by atoms with Crippen molar-refractivity contribution in [3.63, 3.8) is 0 Å². The summed E-state index contributed by atoms with van der Waals surface area (Å²) in [6, 6.07) is 6.77. The van der Waals surface area contributed by atoms with Crippen LogP contribution in [0.25, 0.3) is 0 Å². The fourth-order valence-electron chi connectivity index (χ4n) is 1.32. The number of aromatic amines is 1. The zero-order valence-corrected chi connectivity index (χ0v) is 9.86. The largest absolute Gasteiger partial charge is 0.495 e. The predicted molar refractivity (Wildman–Crippen MR) is 62.4 cm³/mol. The number of rotatable bonds is 4. The van der Waals surface area contributed by atoms with Crippen LogP contribution < -0.4 is 9.46 Å². The molecule has 0 fully saturated rings. The number of H-pyrrole nitrogens is 1. The first kappa shape index (κ1) is 11.5. The highest BCUT2D eigenvalue weighted by molar-refractivity contribution is 7.92. The minimum Gasteiger partial charge on any atom is -0.495 e. The number of sulfonamides is 1. The predicted octanol–water partition coefficient (Wildman–Crippen LogP) is 1.22. The second-order valence-electron chi connectivity index (χ2n) is 3.24. The number of hydrogen-bond acceptors (Lipinski definition) is 4. The Balaban J connectivity index is 2.33. The van der Waals surface area contributed by atoms with E-state index in [9.17, 15) is 8.42 Å². The lowest BCUT2D eigenvalue weighted by Crippen LogP contribution is -2.12. The molecule has 6 nitrogen and oxygen atoms in total. The lowest BCUT2D eigenvalue weighted by atomic mass is 10.3.